The van der Waals surface area contributed by atoms with Gasteiger partial charge >= 0.3 is 0 Å². The minimum Gasteiger partial charge on any atom is -0.0840 e. The van der Waals surface area contributed by atoms with E-state index in [-0.39, 0.29) is 10.8 Å². The summed E-state index contributed by atoms with van der Waals surface area (Å²) >= 11 is 6.60. The summed E-state index contributed by atoms with van der Waals surface area (Å²) in [5.41, 5.74) is 5.45. The molecule has 0 aliphatic rings. The van der Waals surface area contributed by atoms with Gasteiger partial charge in [0.1, 0.15) is 0 Å². The largest absolute Gasteiger partial charge is 0.0840 e. The zero-order valence-electron chi connectivity index (χ0n) is 14.6. The van der Waals surface area contributed by atoms with Crippen LogP contribution in [0.2, 0.25) is 5.02 Å². The lowest BCUT2D eigenvalue weighted by molar-refractivity contribution is 0.564. The van der Waals surface area contributed by atoms with E-state index in [2.05, 4.69) is 84.0 Å². The summed E-state index contributed by atoms with van der Waals surface area (Å²) in [4.78, 5) is 0. The molecule has 0 radical (unpaired) electrons. The number of halogens is 1. The highest BCUT2D eigenvalue weighted by Gasteiger charge is 2.24. The second-order valence-electron chi connectivity index (χ2n) is 8.15. The second kappa shape index (κ2) is 6.08. The predicted octanol–water partition coefficient (Wildman–Crippen LogP) is 6.53. The second-order valence-corrected chi connectivity index (χ2v) is 8.56. The topological polar surface area (TPSA) is 0 Å². The average Bonchev–Trinajstić information content (AvgIpc) is 2.37. The molecule has 2 aromatic rings. The summed E-state index contributed by atoms with van der Waals surface area (Å²) in [5.74, 6) is 0. The monoisotopic (exact) mass is 314 g/mol. The molecular weight excluding hydrogens is 288 g/mol. The summed E-state index contributed by atoms with van der Waals surface area (Å²) in [6, 6.07) is 15.1. The molecule has 2 rings (SSSR count). The van der Waals surface area contributed by atoms with Crippen molar-refractivity contribution in [1.29, 1.82) is 0 Å². The SMILES string of the molecule is CC(C)(C)c1cc(C(C)(C)C)c(Cc2ccccc2)cc1Cl. The van der Waals surface area contributed by atoms with Gasteiger partial charge in [0.15, 0.2) is 0 Å². The maximum atomic E-state index is 6.60. The average molecular weight is 315 g/mol. The summed E-state index contributed by atoms with van der Waals surface area (Å²) in [5, 5.41) is 0.881. The Kier molecular flexibility index (Phi) is 4.73. The lowest BCUT2D eigenvalue weighted by atomic mass is 9.77. The fraction of sp³-hybridized carbons (Fsp3) is 0.429. The molecule has 1 heteroatoms. The van der Waals surface area contributed by atoms with Crippen molar-refractivity contribution < 1.29 is 0 Å². The van der Waals surface area contributed by atoms with Crippen LogP contribution < -0.4 is 0 Å². The van der Waals surface area contributed by atoms with E-state index in [9.17, 15) is 0 Å². The Labute approximate surface area is 140 Å². The predicted molar refractivity (Wildman–Crippen MR) is 98.1 cm³/mol. The zero-order valence-corrected chi connectivity index (χ0v) is 15.4. The molecule has 0 N–H and O–H groups in total. The molecule has 0 atom stereocenters. The van der Waals surface area contributed by atoms with Gasteiger partial charge in [0.05, 0.1) is 0 Å². The van der Waals surface area contributed by atoms with Gasteiger partial charge in [-0.3, -0.25) is 0 Å². The standard InChI is InChI=1S/C21H27Cl/c1-20(2,3)17-14-18(21(4,5)6)19(22)13-16(17)12-15-10-8-7-9-11-15/h7-11,13-14H,12H2,1-6H3. The Morgan fingerprint density at radius 2 is 1.32 bits per heavy atom. The maximum absolute atomic E-state index is 6.60. The van der Waals surface area contributed by atoms with Crippen LogP contribution in [0.3, 0.4) is 0 Å². The van der Waals surface area contributed by atoms with Crippen LogP contribution in [0.15, 0.2) is 42.5 Å². The lowest BCUT2D eigenvalue weighted by Gasteiger charge is -2.28. The van der Waals surface area contributed by atoms with E-state index in [1.54, 1.807) is 0 Å². The highest BCUT2D eigenvalue weighted by Crippen LogP contribution is 2.37. The Morgan fingerprint density at radius 1 is 0.773 bits per heavy atom. The minimum atomic E-state index is 0.0579. The molecule has 0 nitrogen and oxygen atoms in total. The molecule has 0 saturated heterocycles. The highest BCUT2D eigenvalue weighted by molar-refractivity contribution is 6.31. The summed E-state index contributed by atoms with van der Waals surface area (Å²) in [7, 11) is 0. The van der Waals surface area contributed by atoms with Gasteiger partial charge in [-0.15, -0.1) is 0 Å². The molecule has 0 unspecified atom stereocenters. The van der Waals surface area contributed by atoms with E-state index >= 15 is 0 Å². The van der Waals surface area contributed by atoms with Crippen molar-refractivity contribution in [3.63, 3.8) is 0 Å². The Morgan fingerprint density at radius 3 is 1.82 bits per heavy atom. The van der Waals surface area contributed by atoms with Crippen LogP contribution in [0.25, 0.3) is 0 Å². The van der Waals surface area contributed by atoms with Crippen molar-refractivity contribution in [2.75, 3.05) is 0 Å². The molecule has 0 heterocycles. The first-order valence-electron chi connectivity index (χ1n) is 7.96. The first-order valence-corrected chi connectivity index (χ1v) is 8.34. The third-order valence-electron chi connectivity index (χ3n) is 4.05. The molecule has 0 bridgehead atoms. The van der Waals surface area contributed by atoms with E-state index in [0.717, 1.165) is 11.4 Å². The van der Waals surface area contributed by atoms with Crippen LogP contribution in [0, 0.1) is 0 Å². The fourth-order valence-electron chi connectivity index (χ4n) is 2.85. The van der Waals surface area contributed by atoms with Gasteiger partial charge in [-0.2, -0.15) is 0 Å². The molecule has 22 heavy (non-hydrogen) atoms. The molecule has 0 fully saturated rings. The summed E-state index contributed by atoms with van der Waals surface area (Å²) in [6.45, 7) is 13.5. The van der Waals surface area contributed by atoms with Crippen LogP contribution in [0.5, 0.6) is 0 Å². The number of hydrogen-bond donors (Lipinski definition) is 0. The Bertz CT molecular complexity index is 640. The van der Waals surface area contributed by atoms with Crippen molar-refractivity contribution in [2.24, 2.45) is 0 Å². The normalized spacial score (nSPS) is 12.5. The van der Waals surface area contributed by atoms with Crippen molar-refractivity contribution in [3.8, 4) is 0 Å². The van der Waals surface area contributed by atoms with E-state index in [1.807, 2.05) is 0 Å². The van der Waals surface area contributed by atoms with E-state index in [4.69, 9.17) is 11.6 Å². The van der Waals surface area contributed by atoms with Gasteiger partial charge in [-0.25, -0.2) is 0 Å². The quantitative estimate of drug-likeness (QED) is 0.591. The van der Waals surface area contributed by atoms with Crippen LogP contribution in [-0.2, 0) is 17.3 Å². The van der Waals surface area contributed by atoms with Gasteiger partial charge in [-0.05, 0) is 45.6 Å². The van der Waals surface area contributed by atoms with E-state index in [0.29, 0.717) is 0 Å². The molecule has 118 valence electrons. The summed E-state index contributed by atoms with van der Waals surface area (Å²) < 4.78 is 0. The molecule has 0 aliphatic heterocycles. The lowest BCUT2D eigenvalue weighted by Crippen LogP contribution is -2.19. The van der Waals surface area contributed by atoms with Crippen molar-refractivity contribution in [1.82, 2.24) is 0 Å². The van der Waals surface area contributed by atoms with Gasteiger partial charge in [0.2, 0.25) is 0 Å². The smallest absolute Gasteiger partial charge is 0.0446 e. The summed E-state index contributed by atoms with van der Waals surface area (Å²) in [6.07, 6.45) is 0.928. The van der Waals surface area contributed by atoms with Gasteiger partial charge in [0.25, 0.3) is 0 Å². The van der Waals surface area contributed by atoms with Crippen molar-refractivity contribution in [2.45, 2.75) is 58.8 Å². The number of hydrogen-bond acceptors (Lipinski definition) is 0. The van der Waals surface area contributed by atoms with Gasteiger partial charge < -0.3 is 0 Å². The Balaban J connectivity index is 2.56. The molecule has 0 spiro atoms. The zero-order chi connectivity index (χ0) is 16.5. The van der Waals surface area contributed by atoms with Crippen molar-refractivity contribution >= 4 is 11.6 Å². The van der Waals surface area contributed by atoms with E-state index < -0.39 is 0 Å². The van der Waals surface area contributed by atoms with E-state index in [1.165, 1.54) is 22.3 Å². The molecule has 0 saturated carbocycles. The molecule has 0 aromatic heterocycles. The van der Waals surface area contributed by atoms with Gasteiger partial charge in [-0.1, -0.05) is 89.5 Å². The molecular formula is C21H27Cl. The minimum absolute atomic E-state index is 0.0579. The first-order chi connectivity index (χ1) is 10.1. The first kappa shape index (κ1) is 17.1. The van der Waals surface area contributed by atoms with Crippen LogP contribution in [-0.4, -0.2) is 0 Å². The Hall–Kier alpha value is -1.27. The third-order valence-corrected chi connectivity index (χ3v) is 4.36. The number of rotatable bonds is 2. The molecule has 2 aromatic carbocycles. The van der Waals surface area contributed by atoms with Crippen LogP contribution in [0.1, 0.15) is 63.8 Å². The third kappa shape index (κ3) is 3.93. The fourth-order valence-corrected chi connectivity index (χ4v) is 3.32. The van der Waals surface area contributed by atoms with Crippen LogP contribution >= 0.6 is 11.6 Å². The maximum Gasteiger partial charge on any atom is 0.0446 e. The number of benzene rings is 2. The molecule has 0 aliphatic carbocycles. The van der Waals surface area contributed by atoms with Gasteiger partial charge in [0, 0.05) is 5.02 Å². The molecule has 0 amide bonds. The van der Waals surface area contributed by atoms with Crippen molar-refractivity contribution in [3.05, 3.63) is 69.7 Å². The van der Waals surface area contributed by atoms with Crippen LogP contribution in [0.4, 0.5) is 0 Å². The highest BCUT2D eigenvalue weighted by atomic mass is 35.5.